The standard InChI is InChI=1S/C13H19NO2/c1-4-5-11(3)16-13(15)14-12-8-6-10(2)7-9-12/h6-9,11H,4-5H2,1-3H3,(H,14,15). The van der Waals surface area contributed by atoms with Gasteiger partial charge in [0.05, 0.1) is 0 Å². The van der Waals surface area contributed by atoms with Gasteiger partial charge in [0, 0.05) is 5.69 Å². The van der Waals surface area contributed by atoms with Crippen LogP contribution in [0.25, 0.3) is 0 Å². The van der Waals surface area contributed by atoms with Crippen LogP contribution in [0.1, 0.15) is 32.3 Å². The molecule has 1 rings (SSSR count). The molecule has 1 N–H and O–H groups in total. The van der Waals surface area contributed by atoms with Crippen LogP contribution in [-0.4, -0.2) is 12.2 Å². The number of rotatable bonds is 4. The summed E-state index contributed by atoms with van der Waals surface area (Å²) in [6, 6.07) is 7.62. The molecule has 0 aliphatic carbocycles. The van der Waals surface area contributed by atoms with E-state index in [4.69, 9.17) is 4.74 Å². The van der Waals surface area contributed by atoms with Gasteiger partial charge in [-0.15, -0.1) is 0 Å². The van der Waals surface area contributed by atoms with Crippen LogP contribution in [0.5, 0.6) is 0 Å². The first-order valence-corrected chi connectivity index (χ1v) is 5.66. The number of ether oxygens (including phenoxy) is 1. The van der Waals surface area contributed by atoms with Gasteiger partial charge in [0.1, 0.15) is 6.10 Å². The maximum Gasteiger partial charge on any atom is 0.411 e. The van der Waals surface area contributed by atoms with Crippen LogP contribution in [0.15, 0.2) is 24.3 Å². The maximum atomic E-state index is 11.4. The average Bonchev–Trinajstić information content (AvgIpc) is 2.21. The molecule has 16 heavy (non-hydrogen) atoms. The third kappa shape index (κ3) is 4.34. The summed E-state index contributed by atoms with van der Waals surface area (Å²) in [6.45, 7) is 5.97. The Labute approximate surface area is 96.8 Å². The number of hydrogen-bond acceptors (Lipinski definition) is 2. The molecule has 1 unspecified atom stereocenters. The predicted molar refractivity (Wildman–Crippen MR) is 65.7 cm³/mol. The zero-order chi connectivity index (χ0) is 12.0. The largest absolute Gasteiger partial charge is 0.446 e. The van der Waals surface area contributed by atoms with Gasteiger partial charge in [-0.25, -0.2) is 4.79 Å². The molecule has 0 spiro atoms. The third-order valence-electron chi connectivity index (χ3n) is 2.30. The molecule has 3 heteroatoms. The lowest BCUT2D eigenvalue weighted by atomic mass is 10.2. The van der Waals surface area contributed by atoms with Crippen molar-refractivity contribution in [3.63, 3.8) is 0 Å². The molecule has 0 radical (unpaired) electrons. The van der Waals surface area contributed by atoms with Crippen LogP contribution in [-0.2, 0) is 4.74 Å². The number of aryl methyl sites for hydroxylation is 1. The van der Waals surface area contributed by atoms with Gasteiger partial charge in [-0.1, -0.05) is 31.0 Å². The zero-order valence-corrected chi connectivity index (χ0v) is 10.1. The Morgan fingerprint density at radius 1 is 1.38 bits per heavy atom. The first-order valence-electron chi connectivity index (χ1n) is 5.66. The minimum Gasteiger partial charge on any atom is -0.446 e. The van der Waals surface area contributed by atoms with E-state index in [0.29, 0.717) is 0 Å². The van der Waals surface area contributed by atoms with Gasteiger partial charge < -0.3 is 4.74 Å². The quantitative estimate of drug-likeness (QED) is 0.841. The molecule has 88 valence electrons. The first-order chi connectivity index (χ1) is 7.61. The highest BCUT2D eigenvalue weighted by molar-refractivity contribution is 5.84. The second kappa shape index (κ2) is 6.16. The van der Waals surface area contributed by atoms with Crippen molar-refractivity contribution < 1.29 is 9.53 Å². The van der Waals surface area contributed by atoms with Gasteiger partial charge in [-0.05, 0) is 32.4 Å². The highest BCUT2D eigenvalue weighted by Crippen LogP contribution is 2.10. The first kappa shape index (κ1) is 12.6. The fraction of sp³-hybridized carbons (Fsp3) is 0.462. The molecule has 0 saturated heterocycles. The summed E-state index contributed by atoms with van der Waals surface area (Å²) in [5, 5.41) is 2.70. The molecule has 1 aromatic rings. The van der Waals surface area contributed by atoms with Crippen LogP contribution >= 0.6 is 0 Å². The van der Waals surface area contributed by atoms with E-state index in [2.05, 4.69) is 12.2 Å². The highest BCUT2D eigenvalue weighted by Gasteiger charge is 2.08. The summed E-state index contributed by atoms with van der Waals surface area (Å²) in [7, 11) is 0. The number of carbonyl (C=O) groups excluding carboxylic acids is 1. The van der Waals surface area contributed by atoms with E-state index >= 15 is 0 Å². The summed E-state index contributed by atoms with van der Waals surface area (Å²) in [6.07, 6.45) is 1.49. The van der Waals surface area contributed by atoms with E-state index in [1.807, 2.05) is 38.1 Å². The number of hydrogen-bond donors (Lipinski definition) is 1. The molecule has 1 atom stereocenters. The fourth-order valence-electron chi connectivity index (χ4n) is 1.43. The summed E-state index contributed by atoms with van der Waals surface area (Å²) in [5.74, 6) is 0. The van der Waals surface area contributed by atoms with Gasteiger partial charge >= 0.3 is 6.09 Å². The molecule has 0 aliphatic rings. The summed E-state index contributed by atoms with van der Waals surface area (Å²) in [4.78, 5) is 11.4. The molecule has 3 nitrogen and oxygen atoms in total. The van der Waals surface area contributed by atoms with Gasteiger partial charge in [-0.2, -0.15) is 0 Å². The van der Waals surface area contributed by atoms with Crippen molar-refractivity contribution >= 4 is 11.8 Å². The molecule has 1 amide bonds. The Morgan fingerprint density at radius 2 is 2.00 bits per heavy atom. The summed E-state index contributed by atoms with van der Waals surface area (Å²) in [5.41, 5.74) is 1.93. The van der Waals surface area contributed by atoms with Crippen molar-refractivity contribution in [1.29, 1.82) is 0 Å². The SMILES string of the molecule is CCCC(C)OC(=O)Nc1ccc(C)cc1. The fourth-order valence-corrected chi connectivity index (χ4v) is 1.43. The zero-order valence-electron chi connectivity index (χ0n) is 10.1. The van der Waals surface area contributed by atoms with Crippen molar-refractivity contribution in [2.45, 2.75) is 39.7 Å². The second-order valence-electron chi connectivity index (χ2n) is 4.00. The van der Waals surface area contributed by atoms with Gasteiger partial charge in [0.2, 0.25) is 0 Å². The van der Waals surface area contributed by atoms with Crippen LogP contribution in [0.2, 0.25) is 0 Å². The summed E-state index contributed by atoms with van der Waals surface area (Å²) >= 11 is 0. The van der Waals surface area contributed by atoms with Crippen molar-refractivity contribution in [3.8, 4) is 0 Å². The van der Waals surface area contributed by atoms with E-state index in [1.165, 1.54) is 5.56 Å². The minimum absolute atomic E-state index is 0.0320. The molecular weight excluding hydrogens is 202 g/mol. The number of carbonyl (C=O) groups is 1. The van der Waals surface area contributed by atoms with E-state index in [-0.39, 0.29) is 12.2 Å². The lowest BCUT2D eigenvalue weighted by Gasteiger charge is -2.12. The molecule has 0 fully saturated rings. The Morgan fingerprint density at radius 3 is 2.56 bits per heavy atom. The van der Waals surface area contributed by atoms with E-state index in [9.17, 15) is 4.79 Å². The van der Waals surface area contributed by atoms with Crippen LogP contribution in [0.3, 0.4) is 0 Å². The Kier molecular flexibility index (Phi) is 4.83. The molecule has 0 bridgehead atoms. The predicted octanol–water partition coefficient (Wildman–Crippen LogP) is 3.73. The lowest BCUT2D eigenvalue weighted by Crippen LogP contribution is -2.19. The third-order valence-corrected chi connectivity index (χ3v) is 2.30. The number of nitrogens with one attached hydrogen (secondary N) is 1. The molecular formula is C13H19NO2. The molecule has 0 heterocycles. The van der Waals surface area contributed by atoms with Crippen molar-refractivity contribution in [3.05, 3.63) is 29.8 Å². The number of amides is 1. The van der Waals surface area contributed by atoms with E-state index in [1.54, 1.807) is 0 Å². The van der Waals surface area contributed by atoms with Gasteiger partial charge in [0.15, 0.2) is 0 Å². The maximum absolute atomic E-state index is 11.4. The molecule has 0 aromatic heterocycles. The Bertz CT molecular complexity index is 332. The molecule has 0 aliphatic heterocycles. The number of anilines is 1. The van der Waals surface area contributed by atoms with Crippen molar-refractivity contribution in [2.24, 2.45) is 0 Å². The van der Waals surface area contributed by atoms with Crippen LogP contribution in [0, 0.1) is 6.92 Å². The molecule has 1 aromatic carbocycles. The highest BCUT2D eigenvalue weighted by atomic mass is 16.6. The number of benzene rings is 1. The van der Waals surface area contributed by atoms with E-state index < -0.39 is 0 Å². The van der Waals surface area contributed by atoms with Gasteiger partial charge in [-0.3, -0.25) is 5.32 Å². The summed E-state index contributed by atoms with van der Waals surface area (Å²) < 4.78 is 5.17. The monoisotopic (exact) mass is 221 g/mol. The second-order valence-corrected chi connectivity index (χ2v) is 4.00. The van der Waals surface area contributed by atoms with Crippen LogP contribution < -0.4 is 5.32 Å². The normalized spacial score (nSPS) is 11.9. The van der Waals surface area contributed by atoms with Crippen LogP contribution in [0.4, 0.5) is 10.5 Å². The van der Waals surface area contributed by atoms with Crippen molar-refractivity contribution in [1.82, 2.24) is 0 Å². The lowest BCUT2D eigenvalue weighted by molar-refractivity contribution is 0.115. The minimum atomic E-state index is -0.384. The van der Waals surface area contributed by atoms with Crippen molar-refractivity contribution in [2.75, 3.05) is 5.32 Å². The average molecular weight is 221 g/mol. The van der Waals surface area contributed by atoms with Gasteiger partial charge in [0.25, 0.3) is 0 Å². The Balaban J connectivity index is 2.42. The molecule has 0 saturated carbocycles. The smallest absolute Gasteiger partial charge is 0.411 e. The Hall–Kier alpha value is -1.51. The topological polar surface area (TPSA) is 38.3 Å². The van der Waals surface area contributed by atoms with E-state index in [0.717, 1.165) is 18.5 Å².